The average molecular weight is 263 g/mol. The van der Waals surface area contributed by atoms with Crippen molar-refractivity contribution in [1.29, 1.82) is 0 Å². The van der Waals surface area contributed by atoms with Crippen LogP contribution in [-0.2, 0) is 5.41 Å². The Labute approximate surface area is 118 Å². The predicted molar refractivity (Wildman–Crippen MR) is 83.1 cm³/mol. The lowest BCUT2D eigenvalue weighted by Gasteiger charge is -2.21. The Morgan fingerprint density at radius 3 is 2.47 bits per heavy atom. The van der Waals surface area contributed by atoms with Crippen LogP contribution in [0.4, 0.5) is 0 Å². The molecule has 0 saturated carbocycles. The van der Waals surface area contributed by atoms with Crippen molar-refractivity contribution >= 4 is 0 Å². The van der Waals surface area contributed by atoms with Crippen molar-refractivity contribution in [2.24, 2.45) is 0 Å². The highest BCUT2D eigenvalue weighted by atomic mass is 16.5. The van der Waals surface area contributed by atoms with Crippen molar-refractivity contribution in [2.75, 3.05) is 13.2 Å². The van der Waals surface area contributed by atoms with Crippen molar-refractivity contribution < 1.29 is 4.74 Å². The summed E-state index contributed by atoms with van der Waals surface area (Å²) in [6, 6.07) is 7.03. The SMILES string of the molecule is CCNC(C)CCOc1ccc(C(C)(C)C)cc1C. The molecule has 1 atom stereocenters. The highest BCUT2D eigenvalue weighted by Crippen LogP contribution is 2.27. The van der Waals surface area contributed by atoms with Crippen LogP contribution in [0.5, 0.6) is 5.75 Å². The molecule has 0 aromatic heterocycles. The first-order valence-corrected chi connectivity index (χ1v) is 7.32. The second-order valence-corrected chi connectivity index (χ2v) is 6.33. The minimum atomic E-state index is 0.197. The van der Waals surface area contributed by atoms with E-state index in [1.807, 2.05) is 0 Å². The van der Waals surface area contributed by atoms with Crippen molar-refractivity contribution in [2.45, 2.75) is 59.4 Å². The van der Waals surface area contributed by atoms with E-state index in [1.165, 1.54) is 11.1 Å². The topological polar surface area (TPSA) is 21.3 Å². The summed E-state index contributed by atoms with van der Waals surface area (Å²) < 4.78 is 5.88. The van der Waals surface area contributed by atoms with Gasteiger partial charge in [0.2, 0.25) is 0 Å². The molecule has 1 rings (SSSR count). The minimum Gasteiger partial charge on any atom is -0.493 e. The molecule has 1 N–H and O–H groups in total. The van der Waals surface area contributed by atoms with Crippen LogP contribution in [0.25, 0.3) is 0 Å². The maximum atomic E-state index is 5.88. The summed E-state index contributed by atoms with van der Waals surface area (Å²) in [5.74, 6) is 1.01. The molecule has 19 heavy (non-hydrogen) atoms. The van der Waals surface area contributed by atoms with E-state index in [4.69, 9.17) is 4.74 Å². The zero-order valence-electron chi connectivity index (χ0n) is 13.3. The molecule has 0 fully saturated rings. The summed E-state index contributed by atoms with van der Waals surface area (Å²) in [4.78, 5) is 0. The predicted octanol–water partition coefficient (Wildman–Crippen LogP) is 4.06. The van der Waals surface area contributed by atoms with Crippen LogP contribution in [0.2, 0.25) is 0 Å². The van der Waals surface area contributed by atoms with Crippen LogP contribution in [0.3, 0.4) is 0 Å². The number of hydrogen-bond donors (Lipinski definition) is 1. The molecule has 0 radical (unpaired) electrons. The number of aryl methyl sites for hydroxylation is 1. The molecule has 0 saturated heterocycles. The fourth-order valence-electron chi connectivity index (χ4n) is 2.07. The lowest BCUT2D eigenvalue weighted by molar-refractivity contribution is 0.289. The van der Waals surface area contributed by atoms with Crippen LogP contribution in [0, 0.1) is 6.92 Å². The number of nitrogens with one attached hydrogen (secondary N) is 1. The summed E-state index contributed by atoms with van der Waals surface area (Å²) in [6.45, 7) is 14.9. The monoisotopic (exact) mass is 263 g/mol. The third-order valence-electron chi connectivity index (χ3n) is 3.40. The molecule has 0 aliphatic heterocycles. The molecule has 1 unspecified atom stereocenters. The molecule has 0 heterocycles. The molecule has 0 amide bonds. The van der Waals surface area contributed by atoms with Crippen molar-refractivity contribution in [3.63, 3.8) is 0 Å². The number of ether oxygens (including phenoxy) is 1. The second-order valence-electron chi connectivity index (χ2n) is 6.33. The van der Waals surface area contributed by atoms with Crippen molar-refractivity contribution in [1.82, 2.24) is 5.32 Å². The zero-order chi connectivity index (χ0) is 14.5. The molecule has 0 aliphatic rings. The summed E-state index contributed by atoms with van der Waals surface area (Å²) in [6.07, 6.45) is 1.04. The Balaban J connectivity index is 2.56. The summed E-state index contributed by atoms with van der Waals surface area (Å²) in [5.41, 5.74) is 2.78. The maximum absolute atomic E-state index is 5.88. The van der Waals surface area contributed by atoms with Gasteiger partial charge in [-0.1, -0.05) is 39.8 Å². The molecular formula is C17H29NO. The van der Waals surface area contributed by atoms with E-state index in [0.717, 1.165) is 25.3 Å². The molecule has 1 aromatic rings. The second kappa shape index (κ2) is 6.95. The first-order valence-electron chi connectivity index (χ1n) is 7.32. The molecular weight excluding hydrogens is 234 g/mol. The van der Waals surface area contributed by atoms with Gasteiger partial charge in [0.1, 0.15) is 5.75 Å². The van der Waals surface area contributed by atoms with E-state index in [9.17, 15) is 0 Å². The van der Waals surface area contributed by atoms with Crippen LogP contribution in [0.15, 0.2) is 18.2 Å². The third kappa shape index (κ3) is 5.23. The normalized spacial score (nSPS) is 13.4. The summed E-state index contributed by atoms with van der Waals surface area (Å²) >= 11 is 0. The molecule has 0 bridgehead atoms. The quantitative estimate of drug-likeness (QED) is 0.835. The third-order valence-corrected chi connectivity index (χ3v) is 3.40. The maximum Gasteiger partial charge on any atom is 0.122 e. The standard InChI is InChI=1S/C17H29NO/c1-7-18-14(3)10-11-19-16-9-8-15(12-13(16)2)17(4,5)6/h8-9,12,14,18H,7,10-11H2,1-6H3. The lowest BCUT2D eigenvalue weighted by Crippen LogP contribution is -2.27. The Hall–Kier alpha value is -1.02. The zero-order valence-corrected chi connectivity index (χ0v) is 13.3. The first-order chi connectivity index (χ1) is 8.84. The van der Waals surface area contributed by atoms with Gasteiger partial charge >= 0.3 is 0 Å². The van der Waals surface area contributed by atoms with Gasteiger partial charge in [-0.05, 0) is 49.4 Å². The van der Waals surface area contributed by atoms with E-state index in [2.05, 4.69) is 65.1 Å². The molecule has 0 aliphatic carbocycles. The number of hydrogen-bond acceptors (Lipinski definition) is 2. The fourth-order valence-corrected chi connectivity index (χ4v) is 2.07. The average Bonchev–Trinajstić information content (AvgIpc) is 2.30. The first kappa shape index (κ1) is 16.0. The molecule has 108 valence electrons. The van der Waals surface area contributed by atoms with Crippen molar-refractivity contribution in [3.8, 4) is 5.75 Å². The Bertz CT molecular complexity index is 393. The summed E-state index contributed by atoms with van der Waals surface area (Å²) in [5, 5.41) is 3.40. The van der Waals surface area contributed by atoms with Gasteiger partial charge < -0.3 is 10.1 Å². The van der Waals surface area contributed by atoms with Gasteiger partial charge in [-0.3, -0.25) is 0 Å². The van der Waals surface area contributed by atoms with Crippen LogP contribution in [-0.4, -0.2) is 19.2 Å². The highest BCUT2D eigenvalue weighted by Gasteiger charge is 2.14. The fraction of sp³-hybridized carbons (Fsp3) is 0.647. The van der Waals surface area contributed by atoms with Gasteiger partial charge in [0.05, 0.1) is 6.61 Å². The van der Waals surface area contributed by atoms with Gasteiger partial charge in [-0.2, -0.15) is 0 Å². The van der Waals surface area contributed by atoms with E-state index in [-0.39, 0.29) is 5.41 Å². The minimum absolute atomic E-state index is 0.197. The molecule has 0 spiro atoms. The molecule has 1 aromatic carbocycles. The van der Waals surface area contributed by atoms with E-state index >= 15 is 0 Å². The van der Waals surface area contributed by atoms with Crippen molar-refractivity contribution in [3.05, 3.63) is 29.3 Å². The van der Waals surface area contributed by atoms with Gasteiger partial charge in [0.25, 0.3) is 0 Å². The Kier molecular flexibility index (Phi) is 5.86. The Morgan fingerprint density at radius 2 is 1.95 bits per heavy atom. The lowest BCUT2D eigenvalue weighted by atomic mass is 9.86. The van der Waals surface area contributed by atoms with E-state index in [1.54, 1.807) is 0 Å². The Morgan fingerprint density at radius 1 is 1.26 bits per heavy atom. The largest absolute Gasteiger partial charge is 0.493 e. The van der Waals surface area contributed by atoms with Crippen LogP contribution < -0.4 is 10.1 Å². The number of benzene rings is 1. The highest BCUT2D eigenvalue weighted by molar-refractivity contribution is 5.38. The van der Waals surface area contributed by atoms with Gasteiger partial charge in [-0.15, -0.1) is 0 Å². The van der Waals surface area contributed by atoms with E-state index < -0.39 is 0 Å². The smallest absolute Gasteiger partial charge is 0.122 e. The van der Waals surface area contributed by atoms with Gasteiger partial charge in [0.15, 0.2) is 0 Å². The van der Waals surface area contributed by atoms with Crippen LogP contribution >= 0.6 is 0 Å². The molecule has 2 nitrogen and oxygen atoms in total. The number of rotatable bonds is 6. The molecule has 2 heteroatoms. The van der Waals surface area contributed by atoms with Crippen LogP contribution in [0.1, 0.15) is 52.2 Å². The van der Waals surface area contributed by atoms with Gasteiger partial charge in [-0.25, -0.2) is 0 Å². The van der Waals surface area contributed by atoms with Gasteiger partial charge in [0, 0.05) is 6.04 Å². The summed E-state index contributed by atoms with van der Waals surface area (Å²) in [7, 11) is 0. The van der Waals surface area contributed by atoms with E-state index in [0.29, 0.717) is 6.04 Å².